The van der Waals surface area contributed by atoms with E-state index in [1.54, 1.807) is 100 Å². The number of nitrogens with one attached hydrogen (secondary N) is 3. The number of esters is 2. The number of cyclic esters (lactones) is 2. The molecule has 4 aromatic rings. The quantitative estimate of drug-likeness (QED) is 0.0570. The maximum atomic E-state index is 15.3. The van der Waals surface area contributed by atoms with E-state index in [2.05, 4.69) is 32.1 Å². The number of piperidine rings is 1. The van der Waals surface area contributed by atoms with Gasteiger partial charge in [-0.3, -0.25) is 38.4 Å². The van der Waals surface area contributed by atoms with E-state index >= 15 is 4.79 Å². The van der Waals surface area contributed by atoms with Gasteiger partial charge in [0.2, 0.25) is 41.2 Å². The van der Waals surface area contributed by atoms with E-state index in [1.165, 1.54) is 45.6 Å². The minimum atomic E-state index is -1.51. The molecule has 0 radical (unpaired) electrons. The molecule has 23 heteroatoms. The third-order valence-electron chi connectivity index (χ3n) is 18.3. The van der Waals surface area contributed by atoms with Gasteiger partial charge in [0.1, 0.15) is 54.4 Å². The molecule has 4 heterocycles. The lowest BCUT2D eigenvalue weighted by atomic mass is 9.87. The van der Waals surface area contributed by atoms with Crippen LogP contribution in [0.2, 0.25) is 0 Å². The summed E-state index contributed by atoms with van der Waals surface area (Å²) in [6.45, 7) is 8.98. The van der Waals surface area contributed by atoms with E-state index < -0.39 is 107 Å². The van der Waals surface area contributed by atoms with Crippen LogP contribution in [0.15, 0.2) is 119 Å². The Morgan fingerprint density at radius 1 is 0.745 bits per heavy atom. The number of carbonyl (C=O) groups is 10. The number of nitrogens with zero attached hydrogens (tertiary/aromatic N) is 6. The zero-order chi connectivity index (χ0) is 70.7. The van der Waals surface area contributed by atoms with Crippen LogP contribution in [0.1, 0.15) is 151 Å². The number of methoxy groups -OCH3 is 1. The minimum absolute atomic E-state index is 0.0454. The summed E-state index contributed by atoms with van der Waals surface area (Å²) >= 11 is 0. The molecule has 0 aromatic heterocycles. The van der Waals surface area contributed by atoms with Crippen LogP contribution in [-0.4, -0.2) is 163 Å². The number of likely N-dealkylation sites (N-methyl/N-ethyl adjacent to an activating group) is 2. The molecule has 6 atom stereocenters. The number of anilines is 1. The molecule has 7 amide bonds. The van der Waals surface area contributed by atoms with Crippen LogP contribution in [0.4, 0.5) is 5.69 Å². The number of hydrogen-bond donors (Lipinski definition) is 3. The van der Waals surface area contributed by atoms with E-state index in [9.17, 15) is 43.2 Å². The van der Waals surface area contributed by atoms with Crippen LogP contribution in [-0.2, 0) is 70.3 Å². The van der Waals surface area contributed by atoms with Gasteiger partial charge < -0.3 is 54.5 Å². The van der Waals surface area contributed by atoms with E-state index in [4.69, 9.17) is 25.4 Å². The number of amides is 7. The molecule has 4 aromatic carbocycles. The molecule has 8 rings (SSSR count). The van der Waals surface area contributed by atoms with Crippen molar-refractivity contribution in [2.45, 2.75) is 173 Å². The number of aryl methyl sites for hydroxylation is 2. The predicted molar refractivity (Wildman–Crippen MR) is 366 cm³/mol. The van der Waals surface area contributed by atoms with E-state index in [1.807, 2.05) is 39.0 Å². The van der Waals surface area contributed by atoms with Gasteiger partial charge in [0, 0.05) is 84.0 Å². The van der Waals surface area contributed by atoms with Crippen molar-refractivity contribution >= 4 is 64.8 Å². The van der Waals surface area contributed by atoms with Crippen molar-refractivity contribution in [1.82, 2.24) is 30.2 Å². The van der Waals surface area contributed by atoms with Gasteiger partial charge >= 0.3 is 11.9 Å². The standard InChI is InChI=1S/C75H93N9O14/c1-10-11-38-75(79-80-75)39-43-96-56-33-30-51(31-34-56)45-57-69(90)83-42-20-26-58(83)71(92)82(8)60(44-49(2)3)70(91)81(7)40-17-16-27-65(87)97-48-74(5,6)67(88)72(93)84-41-18-15-25-59(84)73(94)98-61(35-32-52-29-28-50(4)62(46-52)95-9)54-23-19-24-55(47-54)76-63(85)36-37-64(86)78-66(68(89)77-57)53-21-13-12-14-22-53/h1,12-14,16,19,21-24,27-31,33-34,46-47,49,57-61,66H,11,15,17-18,20,25-26,32,35-45,48H2,2-9H3,(H,76,85)(H,77,89)(H,78,86)/t57-,58-,59?,60-,61+,66-/m0/s1. The molecule has 23 nitrogen and oxygen atoms in total. The number of carbonyl (C=O) groups excluding carboxylic acids is 10. The Morgan fingerprint density at radius 2 is 1.45 bits per heavy atom. The molecule has 0 saturated carbocycles. The monoisotopic (exact) mass is 1340 g/mol. The van der Waals surface area contributed by atoms with Crippen molar-refractivity contribution in [2.75, 3.05) is 59.4 Å². The maximum absolute atomic E-state index is 15.3. The first-order chi connectivity index (χ1) is 46.9. The predicted octanol–water partition coefficient (Wildman–Crippen LogP) is 8.67. The highest BCUT2D eigenvalue weighted by Crippen LogP contribution is 2.37. The molecular weight excluding hydrogens is 1250 g/mol. The average molecular weight is 1340 g/mol. The van der Waals surface area contributed by atoms with Crippen LogP contribution in [0.25, 0.3) is 0 Å². The van der Waals surface area contributed by atoms with Crippen molar-refractivity contribution in [2.24, 2.45) is 21.6 Å². The maximum Gasteiger partial charge on any atom is 0.330 e. The fourth-order valence-corrected chi connectivity index (χ4v) is 12.5. The lowest BCUT2D eigenvalue weighted by Gasteiger charge is -2.36. The third-order valence-corrected chi connectivity index (χ3v) is 18.3. The summed E-state index contributed by atoms with van der Waals surface area (Å²) in [5, 5.41) is 17.0. The molecule has 522 valence electrons. The molecule has 4 aliphatic rings. The second kappa shape index (κ2) is 34.5. The fraction of sp³-hybridized carbons (Fsp3) is 0.493. The Labute approximate surface area is 574 Å². The molecule has 1 unspecified atom stereocenters. The van der Waals surface area contributed by atoms with Gasteiger partial charge in [0.15, 0.2) is 5.66 Å². The van der Waals surface area contributed by atoms with Gasteiger partial charge in [0.05, 0.1) is 19.1 Å². The molecule has 4 aliphatic heterocycles. The van der Waals surface area contributed by atoms with Gasteiger partial charge in [0.25, 0.3) is 5.91 Å². The second-order valence-corrected chi connectivity index (χ2v) is 26.8. The van der Waals surface area contributed by atoms with Crippen molar-refractivity contribution < 1.29 is 66.9 Å². The molecule has 0 spiro atoms. The highest BCUT2D eigenvalue weighted by atomic mass is 16.5. The van der Waals surface area contributed by atoms with E-state index in [-0.39, 0.29) is 82.8 Å². The van der Waals surface area contributed by atoms with Gasteiger partial charge in [-0.1, -0.05) is 86.7 Å². The summed E-state index contributed by atoms with van der Waals surface area (Å²) < 4.78 is 23.5. The summed E-state index contributed by atoms with van der Waals surface area (Å²) in [4.78, 5) is 149. The summed E-state index contributed by atoms with van der Waals surface area (Å²) in [5.41, 5.74) is 1.61. The Balaban J connectivity index is 1.08. The largest absolute Gasteiger partial charge is 0.496 e. The number of hydrogen-bond acceptors (Lipinski definition) is 16. The Kier molecular flexibility index (Phi) is 26.1. The van der Waals surface area contributed by atoms with Crippen LogP contribution in [0.5, 0.6) is 11.5 Å². The number of terminal acetylenes is 1. The smallest absolute Gasteiger partial charge is 0.330 e. The highest BCUT2D eigenvalue weighted by Gasteiger charge is 2.45. The third kappa shape index (κ3) is 20.2. The molecule has 3 N–H and O–H groups in total. The lowest BCUT2D eigenvalue weighted by molar-refractivity contribution is -0.165. The number of Topliss-reactive ketones (excluding diaryl/α,β-unsaturated/α-hetero) is 1. The Hall–Kier alpha value is -9.72. The highest BCUT2D eigenvalue weighted by molar-refractivity contribution is 6.38. The van der Waals surface area contributed by atoms with Gasteiger partial charge in [-0.2, -0.15) is 10.2 Å². The molecule has 0 aliphatic carbocycles. The zero-order valence-electron chi connectivity index (χ0n) is 57.6. The molecule has 2 fully saturated rings. The fourth-order valence-electron chi connectivity index (χ4n) is 12.5. The summed E-state index contributed by atoms with van der Waals surface area (Å²) in [6, 6.07) is 22.3. The van der Waals surface area contributed by atoms with Crippen LogP contribution >= 0.6 is 0 Å². The molecular formula is C75H93N9O14. The first-order valence-corrected chi connectivity index (χ1v) is 33.9. The van der Waals surface area contributed by atoms with Crippen molar-refractivity contribution in [3.8, 4) is 23.8 Å². The molecule has 98 heavy (non-hydrogen) atoms. The van der Waals surface area contributed by atoms with Crippen molar-refractivity contribution in [3.63, 3.8) is 0 Å². The number of ether oxygens (including phenoxy) is 4. The molecule has 2 bridgehead atoms. The van der Waals surface area contributed by atoms with Crippen LogP contribution < -0.4 is 25.4 Å². The summed E-state index contributed by atoms with van der Waals surface area (Å²) in [5.74, 6) is -2.89. The Morgan fingerprint density at radius 3 is 2.16 bits per heavy atom. The lowest BCUT2D eigenvalue weighted by Crippen LogP contribution is -2.58. The summed E-state index contributed by atoms with van der Waals surface area (Å²) in [7, 11) is 4.71. The number of fused-ring (bicyclic) bond motifs is 4. The number of ketones is 1. The second-order valence-electron chi connectivity index (χ2n) is 26.8. The van der Waals surface area contributed by atoms with Crippen LogP contribution in [0.3, 0.4) is 0 Å². The SMILES string of the molecule is C#CCCC1(CCOc2ccc(C[C@@H]3NC(=O)[C@H](c4ccccc4)NC(=O)CCC(=O)Nc4cccc(c4)[C@@H](CCc4ccc(C)c(OC)c4)OC(=O)C4CCCCN4C(=O)C(=O)C(C)(C)COC(=O)C=CCCN(C)C(=O)[C@H](CC(C)C)N(C)C(=O)[C@@H]4CCCN4C3=O)cc2)N=N1. The van der Waals surface area contributed by atoms with E-state index in [0.717, 1.165) is 11.1 Å². The first kappa shape index (κ1) is 74.1. The first-order valence-electron chi connectivity index (χ1n) is 33.9. The van der Waals surface area contributed by atoms with Crippen molar-refractivity contribution in [3.05, 3.63) is 137 Å². The number of benzene rings is 4. The topological polar surface area (TPSA) is 281 Å². The van der Waals surface area contributed by atoms with Crippen LogP contribution in [0, 0.1) is 30.6 Å². The average Bonchev–Trinajstić information content (AvgIpc) is 1.81. The minimum Gasteiger partial charge on any atom is -0.496 e. The zero-order valence-corrected chi connectivity index (χ0v) is 57.6. The van der Waals surface area contributed by atoms with Gasteiger partial charge in [-0.15, -0.1) is 12.3 Å². The Bertz CT molecular complexity index is 3630. The van der Waals surface area contributed by atoms with Crippen molar-refractivity contribution in [1.29, 1.82) is 0 Å². The number of rotatable bonds is 15. The normalized spacial score (nSPS) is 22.8. The van der Waals surface area contributed by atoms with E-state index in [0.29, 0.717) is 85.4 Å². The molecule has 2 saturated heterocycles. The van der Waals surface area contributed by atoms with Gasteiger partial charge in [-0.25, -0.2) is 9.59 Å². The van der Waals surface area contributed by atoms with Gasteiger partial charge in [-0.05, 0) is 143 Å². The summed E-state index contributed by atoms with van der Waals surface area (Å²) in [6.07, 6.45) is 11.4.